The van der Waals surface area contributed by atoms with E-state index in [0.717, 1.165) is 5.30 Å². The van der Waals surface area contributed by atoms with Crippen molar-refractivity contribution in [2.24, 2.45) is 0 Å². The van der Waals surface area contributed by atoms with Gasteiger partial charge >= 0.3 is 150 Å². The predicted molar refractivity (Wildman–Crippen MR) is 100 cm³/mol. The topological polar surface area (TPSA) is 81.2 Å². The van der Waals surface area contributed by atoms with Crippen molar-refractivity contribution >= 4 is 32.9 Å². The Bertz CT molecular complexity index is 793. The minimum atomic E-state index is -3.86. The summed E-state index contributed by atoms with van der Waals surface area (Å²) in [5, 5.41) is 0.741. The van der Waals surface area contributed by atoms with Gasteiger partial charge in [0.1, 0.15) is 0 Å². The Labute approximate surface area is 150 Å². The minimum absolute atomic E-state index is 0.216. The fourth-order valence-electron chi connectivity index (χ4n) is 4.49. The van der Waals surface area contributed by atoms with Crippen molar-refractivity contribution in [1.82, 2.24) is 16.3 Å². The van der Waals surface area contributed by atoms with Crippen molar-refractivity contribution in [3.8, 4) is 0 Å². The Morgan fingerprint density at radius 3 is 1.28 bits per heavy atom. The third kappa shape index (κ3) is 1.70. The second-order valence-electron chi connectivity index (χ2n) is 5.84. The molecule has 1 spiro atoms. The number of hydrogen-bond donors (Lipinski definition) is 0. The number of benzene rings is 1. The predicted octanol–water partition coefficient (Wildman–Crippen LogP) is 1.33. The zero-order valence-corrected chi connectivity index (χ0v) is 17.4. The molecule has 2 aliphatic rings. The third-order valence-corrected chi connectivity index (χ3v) is 19.9. The molecular weight excluding hydrogens is 383 g/mol. The quantitative estimate of drug-likeness (QED) is 0.689. The molecule has 11 heteroatoms. The third-order valence-electron chi connectivity index (χ3n) is 5.01. The van der Waals surface area contributed by atoms with Gasteiger partial charge in [0.15, 0.2) is 0 Å². The van der Waals surface area contributed by atoms with Gasteiger partial charge in [0, 0.05) is 0 Å². The van der Waals surface area contributed by atoms with Gasteiger partial charge in [-0.05, 0) is 0 Å². The standard InChI is InChI=1S/C14H25N4O4PS2/c1-5-15-23(14-12-10-9-11-13-14,16(6-2)24(15,19)20)17(7-3)25(21,22)18(23)8-4/h9-13H,5-8H2,1-4H3. The van der Waals surface area contributed by atoms with Crippen LogP contribution in [0.25, 0.3) is 0 Å². The average Bonchev–Trinajstić information content (AvgIpc) is 2.55. The fourth-order valence-corrected chi connectivity index (χ4v) is 22.4. The van der Waals surface area contributed by atoms with Gasteiger partial charge < -0.3 is 0 Å². The van der Waals surface area contributed by atoms with E-state index in [1.54, 1.807) is 27.7 Å². The first-order chi connectivity index (χ1) is 11.7. The van der Waals surface area contributed by atoms with E-state index in [0.29, 0.717) is 0 Å². The molecular formula is C14H25N4O4PS2. The van der Waals surface area contributed by atoms with Crippen LogP contribution in [0.15, 0.2) is 30.3 Å². The Morgan fingerprint density at radius 2 is 1.00 bits per heavy atom. The van der Waals surface area contributed by atoms with E-state index in [4.69, 9.17) is 0 Å². The van der Waals surface area contributed by atoms with Gasteiger partial charge in [0.05, 0.1) is 0 Å². The first-order valence-electron chi connectivity index (χ1n) is 8.42. The Hall–Kier alpha value is -0.610. The van der Waals surface area contributed by atoms with Crippen LogP contribution in [0, 0.1) is 0 Å². The van der Waals surface area contributed by atoms with Gasteiger partial charge in [-0.2, -0.15) is 0 Å². The first-order valence-corrected chi connectivity index (χ1v) is 13.3. The summed E-state index contributed by atoms with van der Waals surface area (Å²) in [6, 6.07) is 9.20. The summed E-state index contributed by atoms with van der Waals surface area (Å²) < 4.78 is 57.6. The first kappa shape index (κ1) is 19.2. The van der Waals surface area contributed by atoms with E-state index < -0.39 is 27.6 Å². The normalized spacial score (nSPS) is 29.4. The summed E-state index contributed by atoms with van der Waals surface area (Å²) in [6.45, 7) is 7.90. The van der Waals surface area contributed by atoms with Crippen LogP contribution < -0.4 is 5.30 Å². The molecule has 0 saturated carbocycles. The van der Waals surface area contributed by atoms with Gasteiger partial charge in [-0.1, -0.05) is 0 Å². The molecule has 1 aromatic carbocycles. The molecule has 0 amide bonds. The zero-order valence-electron chi connectivity index (χ0n) is 14.9. The Kier molecular flexibility index (Phi) is 4.36. The van der Waals surface area contributed by atoms with Crippen LogP contribution in [0.4, 0.5) is 0 Å². The van der Waals surface area contributed by atoms with Gasteiger partial charge in [-0.15, -0.1) is 0 Å². The summed E-state index contributed by atoms with van der Waals surface area (Å²) in [5.74, 6) is 0. The fraction of sp³-hybridized carbons (Fsp3) is 0.571. The molecule has 0 aliphatic carbocycles. The number of rotatable bonds is 5. The molecule has 142 valence electrons. The van der Waals surface area contributed by atoms with Crippen molar-refractivity contribution in [1.29, 1.82) is 0 Å². The molecule has 0 atom stereocenters. The van der Waals surface area contributed by atoms with Crippen LogP contribution >= 0.6 is 7.21 Å². The van der Waals surface area contributed by atoms with Crippen molar-refractivity contribution in [2.45, 2.75) is 27.7 Å². The van der Waals surface area contributed by atoms with Crippen LogP contribution in [0.2, 0.25) is 0 Å². The van der Waals surface area contributed by atoms with E-state index in [-0.39, 0.29) is 26.2 Å². The number of hydrogen-bond acceptors (Lipinski definition) is 4. The Morgan fingerprint density at radius 1 is 0.680 bits per heavy atom. The molecule has 0 bridgehead atoms. The average molecular weight is 408 g/mol. The molecule has 3 rings (SSSR count). The molecule has 0 N–H and O–H groups in total. The zero-order chi connectivity index (χ0) is 18.7. The molecule has 0 aromatic heterocycles. The van der Waals surface area contributed by atoms with E-state index in [2.05, 4.69) is 0 Å². The summed E-state index contributed by atoms with van der Waals surface area (Å²) in [4.78, 5) is 0. The van der Waals surface area contributed by atoms with E-state index >= 15 is 0 Å². The van der Waals surface area contributed by atoms with Gasteiger partial charge in [-0.25, -0.2) is 0 Å². The maximum atomic E-state index is 13.0. The Balaban J connectivity index is 2.48. The summed E-state index contributed by atoms with van der Waals surface area (Å²) in [5.41, 5.74) is 0. The molecule has 2 heterocycles. The molecule has 2 aliphatic heterocycles. The van der Waals surface area contributed by atoms with E-state index in [9.17, 15) is 16.8 Å². The van der Waals surface area contributed by atoms with Crippen molar-refractivity contribution in [3.63, 3.8) is 0 Å². The molecule has 0 radical (unpaired) electrons. The van der Waals surface area contributed by atoms with Crippen LogP contribution in [0.5, 0.6) is 0 Å². The van der Waals surface area contributed by atoms with Crippen LogP contribution in [-0.2, 0) is 20.4 Å². The maximum absolute atomic E-state index is 13.0. The molecule has 0 unspecified atom stereocenters. The molecule has 2 fully saturated rings. The monoisotopic (exact) mass is 408 g/mol. The van der Waals surface area contributed by atoms with Crippen LogP contribution in [-0.4, -0.2) is 59.3 Å². The van der Waals surface area contributed by atoms with E-state index in [1.807, 2.05) is 30.3 Å². The molecule has 8 nitrogen and oxygen atoms in total. The SMILES string of the molecule is CCN1S(=O)(=O)N(CC)P12(c1ccccc1)N(CC)S(=O)(=O)N2CC. The molecule has 2 saturated heterocycles. The van der Waals surface area contributed by atoms with E-state index in [1.165, 1.54) is 16.3 Å². The van der Waals surface area contributed by atoms with Crippen molar-refractivity contribution in [2.75, 3.05) is 26.2 Å². The summed E-state index contributed by atoms with van der Waals surface area (Å²) in [7, 11) is -11.3. The number of nitrogens with zero attached hydrogens (tertiary/aromatic N) is 4. The molecule has 25 heavy (non-hydrogen) atoms. The van der Waals surface area contributed by atoms with Crippen molar-refractivity contribution in [3.05, 3.63) is 30.3 Å². The second kappa shape index (κ2) is 5.69. The van der Waals surface area contributed by atoms with Crippen molar-refractivity contribution < 1.29 is 16.8 Å². The molecule has 1 aromatic rings. The van der Waals surface area contributed by atoms with Gasteiger partial charge in [0.2, 0.25) is 0 Å². The van der Waals surface area contributed by atoms with Crippen LogP contribution in [0.1, 0.15) is 27.7 Å². The van der Waals surface area contributed by atoms with Gasteiger partial charge in [0.25, 0.3) is 0 Å². The second-order valence-corrected chi connectivity index (χ2v) is 14.8. The van der Waals surface area contributed by atoms with Gasteiger partial charge in [-0.3, -0.25) is 0 Å². The van der Waals surface area contributed by atoms with Crippen LogP contribution in [0.3, 0.4) is 0 Å². The summed E-state index contributed by atoms with van der Waals surface area (Å²) >= 11 is 0. The summed E-state index contributed by atoms with van der Waals surface area (Å²) in [6.07, 6.45) is 0.